The molecule has 19 heavy (non-hydrogen) atoms. The highest BCUT2D eigenvalue weighted by Gasteiger charge is 2.21. The van der Waals surface area contributed by atoms with Crippen molar-refractivity contribution < 1.29 is 9.53 Å². The van der Waals surface area contributed by atoms with Gasteiger partial charge in [0.15, 0.2) is 0 Å². The molecule has 0 radical (unpaired) electrons. The molecule has 1 N–H and O–H groups in total. The summed E-state index contributed by atoms with van der Waals surface area (Å²) in [5.41, 5.74) is 0. The molecule has 0 unspecified atom stereocenters. The Morgan fingerprint density at radius 2 is 1.79 bits per heavy atom. The Labute approximate surface area is 128 Å². The Balaban J connectivity index is 0. The number of carbonyl (C=O) groups is 1. The molecule has 1 fully saturated rings. The van der Waals surface area contributed by atoms with Crippen LogP contribution in [0.1, 0.15) is 13.8 Å². The van der Waals surface area contributed by atoms with Crippen LogP contribution in [0.4, 0.5) is 0 Å². The fourth-order valence-corrected chi connectivity index (χ4v) is 1.97. The predicted molar refractivity (Wildman–Crippen MR) is 82.5 cm³/mol. The van der Waals surface area contributed by atoms with Crippen LogP contribution in [0.2, 0.25) is 0 Å². The van der Waals surface area contributed by atoms with Crippen molar-refractivity contribution in [2.24, 2.45) is 0 Å². The van der Waals surface area contributed by atoms with Gasteiger partial charge in [0.05, 0.1) is 13.2 Å². The number of rotatable bonds is 6. The van der Waals surface area contributed by atoms with Crippen LogP contribution in [0.25, 0.3) is 0 Å². The Morgan fingerprint density at radius 3 is 2.26 bits per heavy atom. The van der Waals surface area contributed by atoms with E-state index in [9.17, 15) is 4.79 Å². The van der Waals surface area contributed by atoms with Crippen molar-refractivity contribution in [1.82, 2.24) is 15.1 Å². The van der Waals surface area contributed by atoms with E-state index in [0.717, 1.165) is 32.7 Å². The van der Waals surface area contributed by atoms with Crippen molar-refractivity contribution in [2.45, 2.75) is 19.9 Å². The maximum Gasteiger partial charge on any atom is 0.236 e. The number of carbonyl (C=O) groups excluding carboxylic acids is 1. The van der Waals surface area contributed by atoms with Gasteiger partial charge in [-0.2, -0.15) is 0 Å². The molecule has 7 heteroatoms. The highest BCUT2D eigenvalue weighted by Crippen LogP contribution is 2.05. The molecule has 0 saturated carbocycles. The van der Waals surface area contributed by atoms with Crippen LogP contribution >= 0.6 is 24.8 Å². The van der Waals surface area contributed by atoms with Crippen LogP contribution in [0.3, 0.4) is 0 Å². The second-order valence-electron chi connectivity index (χ2n) is 4.68. The van der Waals surface area contributed by atoms with Crippen LogP contribution in [-0.2, 0) is 9.53 Å². The van der Waals surface area contributed by atoms with Gasteiger partial charge in [0.25, 0.3) is 0 Å². The van der Waals surface area contributed by atoms with E-state index in [1.165, 1.54) is 0 Å². The van der Waals surface area contributed by atoms with Gasteiger partial charge in [0.1, 0.15) is 0 Å². The zero-order valence-electron chi connectivity index (χ0n) is 12.1. The van der Waals surface area contributed by atoms with E-state index < -0.39 is 0 Å². The van der Waals surface area contributed by atoms with E-state index in [1.807, 2.05) is 4.90 Å². The first-order chi connectivity index (χ1) is 8.15. The molecular formula is C12H27Cl2N3O2. The number of hydrogen-bond donors (Lipinski definition) is 1. The SMILES string of the molecule is COCCNCC(=O)N1CCN(C(C)C)CC1.Cl.Cl. The molecule has 5 nitrogen and oxygen atoms in total. The third-order valence-electron chi connectivity index (χ3n) is 3.16. The van der Waals surface area contributed by atoms with Crippen molar-refractivity contribution in [3.05, 3.63) is 0 Å². The molecule has 1 amide bonds. The molecule has 1 rings (SSSR count). The zero-order valence-corrected chi connectivity index (χ0v) is 13.7. The lowest BCUT2D eigenvalue weighted by Gasteiger charge is -2.37. The maximum absolute atomic E-state index is 11.8. The maximum atomic E-state index is 11.8. The second kappa shape index (κ2) is 11.7. The van der Waals surface area contributed by atoms with Crippen molar-refractivity contribution in [2.75, 3.05) is 53.0 Å². The van der Waals surface area contributed by atoms with Gasteiger partial charge in [-0.15, -0.1) is 24.8 Å². The molecular weight excluding hydrogens is 289 g/mol. The summed E-state index contributed by atoms with van der Waals surface area (Å²) >= 11 is 0. The summed E-state index contributed by atoms with van der Waals surface area (Å²) in [6, 6.07) is 0.576. The molecule has 0 aliphatic carbocycles. The molecule has 1 saturated heterocycles. The molecule has 1 aliphatic heterocycles. The number of halogens is 2. The lowest BCUT2D eigenvalue weighted by Crippen LogP contribution is -2.52. The third kappa shape index (κ3) is 7.95. The molecule has 0 aromatic rings. The lowest BCUT2D eigenvalue weighted by molar-refractivity contribution is -0.132. The van der Waals surface area contributed by atoms with Gasteiger partial charge in [0, 0.05) is 45.9 Å². The van der Waals surface area contributed by atoms with E-state index in [0.29, 0.717) is 19.2 Å². The molecule has 1 aliphatic rings. The fraction of sp³-hybridized carbons (Fsp3) is 0.917. The Kier molecular flexibility index (Phi) is 13.1. The summed E-state index contributed by atoms with van der Waals surface area (Å²) in [7, 11) is 1.66. The summed E-state index contributed by atoms with van der Waals surface area (Å²) < 4.78 is 4.92. The Hall–Kier alpha value is -0.0700. The summed E-state index contributed by atoms with van der Waals surface area (Å²) in [6.45, 7) is 9.87. The highest BCUT2D eigenvalue weighted by atomic mass is 35.5. The van der Waals surface area contributed by atoms with Gasteiger partial charge in [-0.05, 0) is 13.8 Å². The van der Waals surface area contributed by atoms with Crippen LogP contribution in [0.5, 0.6) is 0 Å². The smallest absolute Gasteiger partial charge is 0.236 e. The standard InChI is InChI=1S/C12H25N3O2.2ClH/c1-11(2)14-5-7-15(8-6-14)12(16)10-13-4-9-17-3;;/h11,13H,4-10H2,1-3H3;2*1H. The van der Waals surface area contributed by atoms with Crippen LogP contribution in [0, 0.1) is 0 Å². The van der Waals surface area contributed by atoms with Crippen molar-refractivity contribution in [1.29, 1.82) is 0 Å². The van der Waals surface area contributed by atoms with Gasteiger partial charge >= 0.3 is 0 Å². The van der Waals surface area contributed by atoms with Gasteiger partial charge in [0.2, 0.25) is 5.91 Å². The number of methoxy groups -OCH3 is 1. The van der Waals surface area contributed by atoms with Crippen molar-refractivity contribution in [3.63, 3.8) is 0 Å². The number of nitrogens with zero attached hydrogens (tertiary/aromatic N) is 2. The molecule has 0 aromatic heterocycles. The number of hydrogen-bond acceptors (Lipinski definition) is 4. The normalized spacial score (nSPS) is 15.9. The average molecular weight is 316 g/mol. The van der Waals surface area contributed by atoms with E-state index in [2.05, 4.69) is 24.1 Å². The van der Waals surface area contributed by atoms with E-state index in [4.69, 9.17) is 4.74 Å². The minimum absolute atomic E-state index is 0. The van der Waals surface area contributed by atoms with Crippen molar-refractivity contribution >= 4 is 30.7 Å². The van der Waals surface area contributed by atoms with Crippen LogP contribution in [-0.4, -0.2) is 74.7 Å². The summed E-state index contributed by atoms with van der Waals surface area (Å²) in [5, 5.41) is 3.09. The van der Waals surface area contributed by atoms with Gasteiger partial charge in [-0.3, -0.25) is 9.69 Å². The number of ether oxygens (including phenoxy) is 1. The summed E-state index contributed by atoms with van der Waals surface area (Å²) in [4.78, 5) is 16.2. The quantitative estimate of drug-likeness (QED) is 0.730. The predicted octanol–water partition coefficient (Wildman–Crippen LogP) is 0.619. The molecule has 0 aromatic carbocycles. The van der Waals surface area contributed by atoms with Crippen LogP contribution in [0.15, 0.2) is 0 Å². The van der Waals surface area contributed by atoms with Crippen LogP contribution < -0.4 is 5.32 Å². The number of nitrogens with one attached hydrogen (secondary N) is 1. The Morgan fingerprint density at radius 1 is 1.21 bits per heavy atom. The van der Waals surface area contributed by atoms with E-state index in [-0.39, 0.29) is 30.7 Å². The monoisotopic (exact) mass is 315 g/mol. The topological polar surface area (TPSA) is 44.8 Å². The van der Waals surface area contributed by atoms with Crippen molar-refractivity contribution in [3.8, 4) is 0 Å². The molecule has 0 bridgehead atoms. The zero-order chi connectivity index (χ0) is 12.7. The largest absolute Gasteiger partial charge is 0.383 e. The first-order valence-electron chi connectivity index (χ1n) is 6.36. The van der Waals surface area contributed by atoms with Gasteiger partial charge < -0.3 is 15.0 Å². The molecule has 116 valence electrons. The first-order valence-corrected chi connectivity index (χ1v) is 6.36. The average Bonchev–Trinajstić information content (AvgIpc) is 2.34. The van der Waals surface area contributed by atoms with Gasteiger partial charge in [-0.25, -0.2) is 0 Å². The minimum Gasteiger partial charge on any atom is -0.383 e. The third-order valence-corrected chi connectivity index (χ3v) is 3.16. The molecule has 1 heterocycles. The lowest BCUT2D eigenvalue weighted by atomic mass is 10.2. The summed E-state index contributed by atoms with van der Waals surface area (Å²) in [6.07, 6.45) is 0. The van der Waals surface area contributed by atoms with E-state index >= 15 is 0 Å². The fourth-order valence-electron chi connectivity index (χ4n) is 1.97. The molecule has 0 atom stereocenters. The first kappa shape index (κ1) is 21.2. The number of piperazine rings is 1. The van der Waals surface area contributed by atoms with Gasteiger partial charge in [-0.1, -0.05) is 0 Å². The number of amides is 1. The van der Waals surface area contributed by atoms with E-state index in [1.54, 1.807) is 7.11 Å². The minimum atomic E-state index is 0. The summed E-state index contributed by atoms with van der Waals surface area (Å²) in [5.74, 6) is 0.199. The second-order valence-corrected chi connectivity index (χ2v) is 4.68. The molecule has 0 spiro atoms. The highest BCUT2D eigenvalue weighted by molar-refractivity contribution is 5.85. The Bertz CT molecular complexity index is 235.